The molecule has 0 spiro atoms. The Morgan fingerprint density at radius 2 is 1.54 bits per heavy atom. The molecule has 0 aliphatic heterocycles. The molecule has 3 aromatic rings. The van der Waals surface area contributed by atoms with Gasteiger partial charge in [0.15, 0.2) is 0 Å². The maximum Gasteiger partial charge on any atom is 0.264 e. The number of hydrogen-bond acceptors (Lipinski definition) is 4. The van der Waals surface area contributed by atoms with E-state index in [2.05, 4.69) is 5.32 Å². The quantitative estimate of drug-likeness (QED) is 0.287. The van der Waals surface area contributed by atoms with Gasteiger partial charge in [-0.2, -0.15) is 0 Å². The van der Waals surface area contributed by atoms with Crippen LogP contribution in [0.15, 0.2) is 77.7 Å². The van der Waals surface area contributed by atoms with Crippen LogP contribution in [0, 0.1) is 5.92 Å². The summed E-state index contributed by atoms with van der Waals surface area (Å²) in [6.07, 6.45) is 0. The molecule has 2 amide bonds. The Labute approximate surface area is 244 Å². The molecule has 0 fully saturated rings. The highest BCUT2D eigenvalue weighted by Crippen LogP contribution is 2.28. The lowest BCUT2D eigenvalue weighted by Gasteiger charge is -2.32. The lowest BCUT2D eigenvalue weighted by Crippen LogP contribution is -2.51. The number of carbonyl (C=O) groups is 2. The normalized spacial score (nSPS) is 12.2. The lowest BCUT2D eigenvalue weighted by molar-refractivity contribution is -0.139. The van der Waals surface area contributed by atoms with E-state index >= 15 is 0 Å². The largest absolute Gasteiger partial charge is 0.354 e. The maximum atomic E-state index is 13.9. The van der Waals surface area contributed by atoms with Crippen LogP contribution in [0.4, 0.5) is 5.69 Å². The Hall–Kier alpha value is -2.78. The molecule has 0 unspecified atom stereocenters. The molecule has 11 heteroatoms. The molecular weight excluding hydrogens is 581 g/mol. The second-order valence-corrected chi connectivity index (χ2v) is 12.5. The molecule has 0 heterocycles. The number of nitrogens with one attached hydrogen (secondary N) is 1. The van der Waals surface area contributed by atoms with Crippen molar-refractivity contribution < 1.29 is 18.0 Å². The second kappa shape index (κ2) is 13.5. The van der Waals surface area contributed by atoms with E-state index in [0.717, 1.165) is 4.31 Å². The predicted octanol–water partition coefficient (Wildman–Crippen LogP) is 6.03. The summed E-state index contributed by atoms with van der Waals surface area (Å²) in [5.74, 6) is -0.777. The van der Waals surface area contributed by atoms with Gasteiger partial charge in [-0.3, -0.25) is 13.9 Å². The standard InChI is InChI=1S/C28H30Cl3N3O4S/c1-19(2)16-32-28(36)20(3)33(17-21-12-13-23(30)15-26(21)31)27(35)18-34(24-9-7-8-22(29)14-24)39(37,38)25-10-5-4-6-11-25/h4-15,19-20H,16-18H2,1-3H3,(H,32,36)/t20-/m1/s1. The molecule has 0 saturated heterocycles. The molecule has 3 rings (SSSR count). The third kappa shape index (κ3) is 8.11. The first-order valence-electron chi connectivity index (χ1n) is 12.2. The van der Waals surface area contributed by atoms with Gasteiger partial charge in [0.25, 0.3) is 10.0 Å². The van der Waals surface area contributed by atoms with E-state index in [0.29, 0.717) is 27.2 Å². The summed E-state index contributed by atoms with van der Waals surface area (Å²) in [7, 11) is -4.17. The summed E-state index contributed by atoms with van der Waals surface area (Å²) >= 11 is 18.6. The van der Waals surface area contributed by atoms with Crippen molar-refractivity contribution in [2.75, 3.05) is 17.4 Å². The fraction of sp³-hybridized carbons (Fsp3) is 0.286. The minimum atomic E-state index is -4.17. The number of sulfonamides is 1. The topological polar surface area (TPSA) is 86.8 Å². The number of anilines is 1. The van der Waals surface area contributed by atoms with Crippen molar-refractivity contribution in [3.05, 3.63) is 93.4 Å². The summed E-state index contributed by atoms with van der Waals surface area (Å²) < 4.78 is 28.5. The summed E-state index contributed by atoms with van der Waals surface area (Å²) in [6.45, 7) is 5.30. The fourth-order valence-corrected chi connectivity index (χ4v) is 5.83. The highest BCUT2D eigenvalue weighted by molar-refractivity contribution is 7.92. The van der Waals surface area contributed by atoms with Gasteiger partial charge in [-0.25, -0.2) is 8.42 Å². The average Bonchev–Trinajstić information content (AvgIpc) is 2.89. The third-order valence-corrected chi connectivity index (χ3v) is 8.52. The van der Waals surface area contributed by atoms with Crippen molar-refractivity contribution in [1.82, 2.24) is 10.2 Å². The van der Waals surface area contributed by atoms with Crippen molar-refractivity contribution >= 4 is 62.3 Å². The molecule has 0 aromatic heterocycles. The molecule has 1 N–H and O–H groups in total. The average molecular weight is 611 g/mol. The van der Waals surface area contributed by atoms with Crippen LogP contribution in [0.3, 0.4) is 0 Å². The lowest BCUT2D eigenvalue weighted by atomic mass is 10.1. The van der Waals surface area contributed by atoms with E-state index in [1.807, 2.05) is 13.8 Å². The van der Waals surface area contributed by atoms with Crippen LogP contribution in [0.1, 0.15) is 26.3 Å². The zero-order valence-corrected chi connectivity index (χ0v) is 24.9. The van der Waals surface area contributed by atoms with Crippen LogP contribution in [0.25, 0.3) is 0 Å². The van der Waals surface area contributed by atoms with E-state index < -0.39 is 28.5 Å². The maximum absolute atomic E-state index is 13.9. The van der Waals surface area contributed by atoms with Crippen LogP contribution < -0.4 is 9.62 Å². The Morgan fingerprint density at radius 1 is 0.872 bits per heavy atom. The number of rotatable bonds is 11. The molecule has 0 aliphatic carbocycles. The number of halogens is 3. The van der Waals surface area contributed by atoms with E-state index in [9.17, 15) is 18.0 Å². The Bertz CT molecular complexity index is 1420. The zero-order chi connectivity index (χ0) is 28.7. The smallest absolute Gasteiger partial charge is 0.264 e. The van der Waals surface area contributed by atoms with Crippen molar-refractivity contribution in [3.8, 4) is 0 Å². The minimum absolute atomic E-state index is 0.00722. The van der Waals surface area contributed by atoms with Gasteiger partial charge in [0.05, 0.1) is 10.6 Å². The van der Waals surface area contributed by atoms with Crippen LogP contribution in [-0.4, -0.2) is 44.3 Å². The van der Waals surface area contributed by atoms with Gasteiger partial charge in [0.1, 0.15) is 12.6 Å². The van der Waals surface area contributed by atoms with Crippen LogP contribution in [0.2, 0.25) is 15.1 Å². The van der Waals surface area contributed by atoms with Crippen molar-refractivity contribution in [1.29, 1.82) is 0 Å². The molecule has 208 valence electrons. The highest BCUT2D eigenvalue weighted by atomic mass is 35.5. The summed E-state index contributed by atoms with van der Waals surface area (Å²) in [4.78, 5) is 28.2. The summed E-state index contributed by atoms with van der Waals surface area (Å²) in [6, 6.07) is 17.9. The minimum Gasteiger partial charge on any atom is -0.354 e. The first kappa shape index (κ1) is 30.8. The monoisotopic (exact) mass is 609 g/mol. The number of amides is 2. The van der Waals surface area contributed by atoms with Crippen molar-refractivity contribution in [2.24, 2.45) is 5.92 Å². The van der Waals surface area contributed by atoms with Gasteiger partial charge in [0, 0.05) is 28.2 Å². The van der Waals surface area contributed by atoms with E-state index in [4.69, 9.17) is 34.8 Å². The van der Waals surface area contributed by atoms with Crippen molar-refractivity contribution in [2.45, 2.75) is 38.3 Å². The van der Waals surface area contributed by atoms with Gasteiger partial charge in [-0.15, -0.1) is 0 Å². The van der Waals surface area contributed by atoms with Crippen molar-refractivity contribution in [3.63, 3.8) is 0 Å². The predicted molar refractivity (Wildman–Crippen MR) is 157 cm³/mol. The number of benzene rings is 3. The number of hydrogen-bond donors (Lipinski definition) is 1. The van der Waals surface area contributed by atoms with E-state index in [-0.39, 0.29) is 29.0 Å². The summed E-state index contributed by atoms with van der Waals surface area (Å²) in [5.41, 5.74) is 0.763. The van der Waals surface area contributed by atoms with Crippen LogP contribution >= 0.6 is 34.8 Å². The third-order valence-electron chi connectivity index (χ3n) is 5.91. The molecule has 7 nitrogen and oxygen atoms in total. The number of nitrogens with zero attached hydrogens (tertiary/aromatic N) is 2. The molecule has 3 aromatic carbocycles. The van der Waals surface area contributed by atoms with Gasteiger partial charge >= 0.3 is 0 Å². The Balaban J connectivity index is 2.02. The second-order valence-electron chi connectivity index (χ2n) is 9.38. The highest BCUT2D eigenvalue weighted by Gasteiger charge is 2.32. The van der Waals surface area contributed by atoms with Gasteiger partial charge < -0.3 is 10.2 Å². The zero-order valence-electron chi connectivity index (χ0n) is 21.8. The van der Waals surface area contributed by atoms with Gasteiger partial charge in [-0.05, 0) is 60.9 Å². The molecule has 0 saturated carbocycles. The molecule has 39 heavy (non-hydrogen) atoms. The van der Waals surface area contributed by atoms with Crippen LogP contribution in [0.5, 0.6) is 0 Å². The first-order chi connectivity index (χ1) is 18.4. The Kier molecular flexibility index (Phi) is 10.7. The molecule has 1 atom stereocenters. The molecular formula is C28H30Cl3N3O4S. The fourth-order valence-electron chi connectivity index (χ4n) is 3.75. The SMILES string of the molecule is CC(C)CNC(=O)[C@@H](C)N(Cc1ccc(Cl)cc1Cl)C(=O)CN(c1cccc(Cl)c1)S(=O)(=O)c1ccccc1. The van der Waals surface area contributed by atoms with Crippen LogP contribution in [-0.2, 0) is 26.2 Å². The number of carbonyl (C=O) groups excluding carboxylic acids is 2. The van der Waals surface area contributed by atoms with Gasteiger partial charge in [-0.1, -0.05) is 79.0 Å². The van der Waals surface area contributed by atoms with E-state index in [1.165, 1.54) is 23.1 Å². The molecule has 0 aliphatic rings. The van der Waals surface area contributed by atoms with Gasteiger partial charge in [0.2, 0.25) is 11.8 Å². The first-order valence-corrected chi connectivity index (χ1v) is 14.8. The van der Waals surface area contributed by atoms with E-state index in [1.54, 1.807) is 61.5 Å². The summed E-state index contributed by atoms with van der Waals surface area (Å²) in [5, 5.41) is 3.88. The molecule has 0 radical (unpaired) electrons. The Morgan fingerprint density at radius 3 is 2.15 bits per heavy atom. The molecule has 0 bridgehead atoms.